The Bertz CT molecular complexity index is 1340. The van der Waals surface area contributed by atoms with Crippen molar-refractivity contribution in [1.82, 2.24) is 14.8 Å². The van der Waals surface area contributed by atoms with Gasteiger partial charge in [0, 0.05) is 11.6 Å². The summed E-state index contributed by atoms with van der Waals surface area (Å²) in [4.78, 5) is 29.0. The molecule has 0 radical (unpaired) electrons. The first-order chi connectivity index (χ1) is 15.3. The molecule has 2 amide bonds. The van der Waals surface area contributed by atoms with Crippen LogP contribution in [0, 0.1) is 0 Å². The van der Waals surface area contributed by atoms with E-state index in [1.807, 2.05) is 6.07 Å². The van der Waals surface area contributed by atoms with Crippen molar-refractivity contribution >= 4 is 46.7 Å². The first-order valence-corrected chi connectivity index (χ1v) is 10.1. The fourth-order valence-electron chi connectivity index (χ4n) is 3.02. The van der Waals surface area contributed by atoms with E-state index < -0.39 is 11.8 Å². The van der Waals surface area contributed by atoms with Crippen LogP contribution in [-0.2, 0) is 0 Å². The molecule has 4 aromatic rings. The van der Waals surface area contributed by atoms with Crippen molar-refractivity contribution in [3.63, 3.8) is 0 Å². The number of hydrogen-bond donors (Lipinski definition) is 3. The summed E-state index contributed by atoms with van der Waals surface area (Å²) in [5.74, 6) is -0.797. The maximum absolute atomic E-state index is 13.1. The van der Waals surface area contributed by atoms with E-state index in [0.29, 0.717) is 22.0 Å². The van der Waals surface area contributed by atoms with E-state index in [-0.39, 0.29) is 27.9 Å². The van der Waals surface area contributed by atoms with Gasteiger partial charge in [-0.2, -0.15) is 5.10 Å². The number of nitrogens with zero attached hydrogens (tertiary/aromatic N) is 3. The van der Waals surface area contributed by atoms with Crippen LogP contribution in [0.4, 0.5) is 11.6 Å². The summed E-state index contributed by atoms with van der Waals surface area (Å²) in [5, 5.41) is 7.50. The molecule has 2 aromatic carbocycles. The fraction of sp³-hybridized carbons (Fsp3) is 0. The van der Waals surface area contributed by atoms with Gasteiger partial charge < -0.3 is 16.8 Å². The van der Waals surface area contributed by atoms with Gasteiger partial charge in [-0.05, 0) is 36.4 Å². The Labute approximate surface area is 192 Å². The van der Waals surface area contributed by atoms with Gasteiger partial charge in [0.1, 0.15) is 11.6 Å². The van der Waals surface area contributed by atoms with Crippen LogP contribution in [0.5, 0.6) is 0 Å². The zero-order chi connectivity index (χ0) is 22.8. The van der Waals surface area contributed by atoms with Gasteiger partial charge in [-0.3, -0.25) is 9.59 Å². The molecule has 0 aliphatic carbocycles. The number of primary amides is 1. The summed E-state index contributed by atoms with van der Waals surface area (Å²) in [6.07, 6.45) is 0. The number of nitrogens with one attached hydrogen (secondary N) is 1. The van der Waals surface area contributed by atoms with Crippen molar-refractivity contribution in [3.05, 3.63) is 88.0 Å². The molecule has 0 saturated carbocycles. The number of aromatic nitrogens is 3. The monoisotopic (exact) mass is 466 g/mol. The van der Waals surface area contributed by atoms with Gasteiger partial charge in [0.15, 0.2) is 5.69 Å². The zero-order valence-corrected chi connectivity index (χ0v) is 17.9. The molecule has 4 rings (SSSR count). The Kier molecular flexibility index (Phi) is 5.81. The topological polar surface area (TPSA) is 129 Å². The minimum absolute atomic E-state index is 0.00448. The third-order valence-corrected chi connectivity index (χ3v) is 5.23. The summed E-state index contributed by atoms with van der Waals surface area (Å²) < 4.78 is 1.41. The van der Waals surface area contributed by atoms with Crippen LogP contribution in [0.2, 0.25) is 10.0 Å². The third-order valence-electron chi connectivity index (χ3n) is 4.58. The normalized spacial score (nSPS) is 10.7. The Hall–Kier alpha value is -3.88. The molecule has 5 N–H and O–H groups in total. The van der Waals surface area contributed by atoms with Crippen molar-refractivity contribution < 1.29 is 9.59 Å². The van der Waals surface area contributed by atoms with Crippen molar-refractivity contribution in [2.75, 3.05) is 11.1 Å². The summed E-state index contributed by atoms with van der Waals surface area (Å²) in [6.45, 7) is 0. The van der Waals surface area contributed by atoms with Gasteiger partial charge in [-0.15, -0.1) is 0 Å². The maximum Gasteiger partial charge on any atom is 0.269 e. The predicted octanol–water partition coefficient (Wildman–Crippen LogP) is 4.17. The number of anilines is 2. The van der Waals surface area contributed by atoms with Crippen LogP contribution in [0.15, 0.2) is 66.7 Å². The second-order valence-electron chi connectivity index (χ2n) is 6.74. The van der Waals surface area contributed by atoms with Crippen molar-refractivity contribution in [1.29, 1.82) is 0 Å². The highest BCUT2D eigenvalue weighted by molar-refractivity contribution is 6.34. The minimum Gasteiger partial charge on any atom is -0.382 e. The molecule has 0 aliphatic rings. The molecule has 0 unspecified atom stereocenters. The quantitative estimate of drug-likeness (QED) is 0.406. The molecule has 0 fully saturated rings. The Morgan fingerprint density at radius 1 is 0.938 bits per heavy atom. The molecule has 8 nitrogen and oxygen atoms in total. The molecule has 160 valence electrons. The van der Waals surface area contributed by atoms with E-state index in [9.17, 15) is 9.59 Å². The largest absolute Gasteiger partial charge is 0.382 e. The summed E-state index contributed by atoms with van der Waals surface area (Å²) >= 11 is 12.2. The SMILES string of the molecule is NC(=O)c1cc(NC(=O)c2cc(-c3ccc(Cl)c(N)n3)ccc2Cl)n(-c2ccccc2)n1. The molecule has 0 bridgehead atoms. The molecule has 0 saturated heterocycles. The van der Waals surface area contributed by atoms with Crippen LogP contribution in [-0.4, -0.2) is 26.6 Å². The highest BCUT2D eigenvalue weighted by Gasteiger charge is 2.18. The lowest BCUT2D eigenvalue weighted by atomic mass is 10.1. The molecule has 0 aliphatic heterocycles. The van der Waals surface area contributed by atoms with Gasteiger partial charge in [0.2, 0.25) is 0 Å². The van der Waals surface area contributed by atoms with Crippen LogP contribution in [0.3, 0.4) is 0 Å². The Morgan fingerprint density at radius 3 is 2.34 bits per heavy atom. The number of nitrogens with two attached hydrogens (primary N) is 2. The molecule has 2 aromatic heterocycles. The number of nitrogen functional groups attached to an aromatic ring is 1. The van der Waals surface area contributed by atoms with Crippen molar-refractivity contribution in [3.8, 4) is 16.9 Å². The van der Waals surface area contributed by atoms with E-state index in [4.69, 9.17) is 34.7 Å². The highest BCUT2D eigenvalue weighted by atomic mass is 35.5. The van der Waals surface area contributed by atoms with Crippen LogP contribution >= 0.6 is 23.2 Å². The average molecular weight is 467 g/mol. The number of rotatable bonds is 5. The Balaban J connectivity index is 1.70. The lowest BCUT2D eigenvalue weighted by molar-refractivity contribution is 0.0992. The lowest BCUT2D eigenvalue weighted by Crippen LogP contribution is -2.16. The molecular weight excluding hydrogens is 451 g/mol. The van der Waals surface area contributed by atoms with Crippen LogP contribution < -0.4 is 16.8 Å². The van der Waals surface area contributed by atoms with E-state index in [1.54, 1.807) is 54.6 Å². The molecule has 2 heterocycles. The summed E-state index contributed by atoms with van der Waals surface area (Å²) in [6, 6.07) is 18.6. The zero-order valence-electron chi connectivity index (χ0n) is 16.4. The molecule has 0 atom stereocenters. The number of hydrogen-bond acceptors (Lipinski definition) is 5. The minimum atomic E-state index is -0.721. The number of para-hydroxylation sites is 1. The smallest absolute Gasteiger partial charge is 0.269 e. The second-order valence-corrected chi connectivity index (χ2v) is 7.55. The fourth-order valence-corrected chi connectivity index (χ4v) is 3.33. The predicted molar refractivity (Wildman–Crippen MR) is 124 cm³/mol. The lowest BCUT2D eigenvalue weighted by Gasteiger charge is -2.11. The standard InChI is InChI=1S/C22H16Cl2N6O2/c23-15-7-6-12(17-9-8-16(24)20(25)27-17)10-14(15)22(32)28-19-11-18(21(26)31)29-30(19)13-4-2-1-3-5-13/h1-11H,(H2,25,27)(H2,26,31)(H,28,32). The van der Waals surface area contributed by atoms with Crippen molar-refractivity contribution in [2.45, 2.75) is 0 Å². The van der Waals surface area contributed by atoms with Crippen molar-refractivity contribution in [2.24, 2.45) is 5.73 Å². The van der Waals surface area contributed by atoms with Gasteiger partial charge >= 0.3 is 0 Å². The van der Waals surface area contributed by atoms with Crippen LogP contribution in [0.25, 0.3) is 16.9 Å². The highest BCUT2D eigenvalue weighted by Crippen LogP contribution is 2.28. The third kappa shape index (κ3) is 4.27. The first kappa shape index (κ1) is 21.4. The number of pyridine rings is 1. The number of benzene rings is 2. The van der Waals surface area contributed by atoms with Crippen LogP contribution in [0.1, 0.15) is 20.8 Å². The van der Waals surface area contributed by atoms with Gasteiger partial charge in [0.25, 0.3) is 11.8 Å². The number of amides is 2. The van der Waals surface area contributed by atoms with E-state index in [0.717, 1.165) is 0 Å². The number of halogens is 2. The van der Waals surface area contributed by atoms with E-state index >= 15 is 0 Å². The molecule has 0 spiro atoms. The van der Waals surface area contributed by atoms with Gasteiger partial charge in [-0.25, -0.2) is 9.67 Å². The van der Waals surface area contributed by atoms with Gasteiger partial charge in [-0.1, -0.05) is 47.5 Å². The second kappa shape index (κ2) is 8.70. The summed E-state index contributed by atoms with van der Waals surface area (Å²) in [5.41, 5.74) is 13.2. The molecular formula is C22H16Cl2N6O2. The first-order valence-electron chi connectivity index (χ1n) is 9.32. The van der Waals surface area contributed by atoms with Gasteiger partial charge in [0.05, 0.1) is 27.0 Å². The summed E-state index contributed by atoms with van der Waals surface area (Å²) in [7, 11) is 0. The number of carbonyl (C=O) groups excluding carboxylic acids is 2. The average Bonchev–Trinajstić information content (AvgIpc) is 3.20. The van der Waals surface area contributed by atoms with E-state index in [2.05, 4.69) is 15.4 Å². The Morgan fingerprint density at radius 2 is 1.66 bits per heavy atom. The molecule has 32 heavy (non-hydrogen) atoms. The van der Waals surface area contributed by atoms with E-state index in [1.165, 1.54) is 10.7 Å². The molecule has 10 heteroatoms. The number of carbonyl (C=O) groups is 2. The maximum atomic E-state index is 13.1.